The average molecular weight is 1740 g/mol. The van der Waals surface area contributed by atoms with Crippen LogP contribution in [0.4, 0.5) is 0 Å². The second-order valence-electron chi connectivity index (χ2n) is 48.6. The van der Waals surface area contributed by atoms with E-state index in [9.17, 15) is 0 Å². The van der Waals surface area contributed by atoms with Gasteiger partial charge in [0.25, 0.3) is 0 Å². The van der Waals surface area contributed by atoms with Gasteiger partial charge in [-0.2, -0.15) is 0 Å². The molecule has 0 amide bonds. The third kappa shape index (κ3) is 30.6. The molecule has 0 N–H and O–H groups in total. The Balaban J connectivity index is 0.000000492. The van der Waals surface area contributed by atoms with Crippen LogP contribution in [0.5, 0.6) is 0 Å². The molecule has 0 aromatic rings. The lowest BCUT2D eigenvalue weighted by Gasteiger charge is -2.49. The van der Waals surface area contributed by atoms with Crippen molar-refractivity contribution >= 4 is 65.8 Å². The van der Waals surface area contributed by atoms with Gasteiger partial charge in [0, 0.05) is 39.3 Å². The minimum atomic E-state index is -2.20. The van der Waals surface area contributed by atoms with Crippen molar-refractivity contribution in [3.63, 3.8) is 0 Å². The van der Waals surface area contributed by atoms with Crippen molar-refractivity contribution in [1.82, 2.24) is 0 Å². The summed E-state index contributed by atoms with van der Waals surface area (Å²) in [5, 5.41) is 0.653. The first-order chi connectivity index (χ1) is 51.0. The molecule has 5 rings (SSSR count). The van der Waals surface area contributed by atoms with E-state index >= 15 is 0 Å². The normalized spacial score (nSPS) is 26.9. The van der Waals surface area contributed by atoms with E-state index in [1.807, 2.05) is 6.08 Å². The molecule has 0 bridgehead atoms. The van der Waals surface area contributed by atoms with Gasteiger partial charge in [0.05, 0.1) is 24.4 Å². The summed E-state index contributed by atoms with van der Waals surface area (Å²) in [5.41, 5.74) is 7.68. The quantitative estimate of drug-likeness (QED) is 0.0279. The van der Waals surface area contributed by atoms with E-state index < -0.39 is 49.9 Å². The lowest BCUT2D eigenvalue weighted by molar-refractivity contribution is -0.0879. The smallest absolute Gasteiger partial charge is 0.193 e. The van der Waals surface area contributed by atoms with Crippen LogP contribution in [-0.4, -0.2) is 113 Å². The van der Waals surface area contributed by atoms with Crippen molar-refractivity contribution in [1.29, 1.82) is 0 Å². The van der Waals surface area contributed by atoms with Gasteiger partial charge < -0.3 is 36.0 Å². The van der Waals surface area contributed by atoms with E-state index in [-0.39, 0.29) is 66.9 Å². The maximum atomic E-state index is 7.42. The minimum absolute atomic E-state index is 0.0589. The Morgan fingerprint density at radius 2 is 0.912 bits per heavy atom. The van der Waals surface area contributed by atoms with Gasteiger partial charge in [-0.15, -0.1) is 18.9 Å². The summed E-state index contributed by atoms with van der Waals surface area (Å²) in [6.45, 7) is 105. The van der Waals surface area contributed by atoms with Gasteiger partial charge in [0.2, 0.25) is 0 Å². The molecule has 15 heteroatoms. The molecule has 0 aliphatic heterocycles. The van der Waals surface area contributed by atoms with Crippen molar-refractivity contribution in [2.45, 2.75) is 468 Å². The first-order valence-corrected chi connectivity index (χ1v) is 64.0. The Morgan fingerprint density at radius 3 is 1.31 bits per heavy atom. The molecule has 5 aliphatic carbocycles. The molecule has 0 heterocycles. The molecular weight excluding hydrogens is 1550 g/mol. The van der Waals surface area contributed by atoms with Crippen LogP contribution in [0.2, 0.25) is 109 Å². The second-order valence-corrected chi connectivity index (χ2v) is 77.7. The first-order valence-electron chi connectivity index (χ1n) is 45.6. The number of ether oxygens (including phenoxy) is 2. The Hall–Kier alpha value is -0.279. The maximum Gasteiger partial charge on any atom is 0.193 e. The molecule has 8 nitrogen and oxygen atoms in total. The molecule has 0 radical (unpaired) electrons. The van der Waals surface area contributed by atoms with Crippen LogP contribution < -0.4 is 0 Å². The topological polar surface area (TPSA) is 73.8 Å². The summed E-state index contributed by atoms with van der Waals surface area (Å²) in [7, 11) is -12.1. The Bertz CT molecular complexity index is 3060. The largest absolute Gasteiger partial charge is 0.417 e. The number of hydrogen-bond acceptors (Lipinski definition) is 8. The van der Waals surface area contributed by atoms with Crippen molar-refractivity contribution in [2.75, 3.05) is 26.4 Å². The van der Waals surface area contributed by atoms with Gasteiger partial charge in [-0.3, -0.25) is 0 Å². The molecule has 14 atom stereocenters. The van der Waals surface area contributed by atoms with Crippen LogP contribution in [0.15, 0.2) is 58.7 Å². The number of rotatable bonds is 33. The van der Waals surface area contributed by atoms with Crippen LogP contribution >= 0.6 is 15.9 Å². The lowest BCUT2D eigenvalue weighted by Crippen LogP contribution is -2.57. The number of hydrogen-bond donors (Lipinski definition) is 0. The third-order valence-corrected chi connectivity index (χ3v) is 58.7. The van der Waals surface area contributed by atoms with E-state index in [1.54, 1.807) is 11.1 Å². The molecule has 113 heavy (non-hydrogen) atoms. The van der Waals surface area contributed by atoms with E-state index in [4.69, 9.17) is 49.0 Å². The highest BCUT2D eigenvalue weighted by Gasteiger charge is 2.55. The number of allylic oxidation sites excluding steroid dienone is 4. The summed E-state index contributed by atoms with van der Waals surface area (Å²) < 4.78 is 55.1. The van der Waals surface area contributed by atoms with Crippen molar-refractivity contribution in [3.8, 4) is 12.3 Å². The summed E-state index contributed by atoms with van der Waals surface area (Å²) in [4.78, 5) is 2.25. The fourth-order valence-electron chi connectivity index (χ4n) is 17.3. The minimum Gasteiger partial charge on any atom is -0.417 e. The van der Waals surface area contributed by atoms with Gasteiger partial charge in [0.15, 0.2) is 49.9 Å². The number of halogens is 1. The predicted molar refractivity (Wildman–Crippen MR) is 515 cm³/mol. The highest BCUT2D eigenvalue weighted by Crippen LogP contribution is 2.62. The van der Waals surface area contributed by atoms with E-state index in [0.29, 0.717) is 53.8 Å². The van der Waals surface area contributed by atoms with E-state index in [2.05, 4.69) is 318 Å². The second kappa shape index (κ2) is 41.9. The predicted octanol–water partition coefficient (Wildman–Crippen LogP) is 31.6. The molecule has 0 unspecified atom stereocenters. The molecule has 660 valence electrons. The van der Waals surface area contributed by atoms with E-state index in [1.165, 1.54) is 108 Å². The van der Waals surface area contributed by atoms with Gasteiger partial charge in [-0.1, -0.05) is 271 Å². The standard InChI is InChI=1S/C49H94O4Si3.C29H60O4Si3.C20H35Br/c1-36(25-22-31-45(3,4)5)40-29-30-41-38(26-23-32-49(40,41)15)27-28-39-35-42(52-55(18,19)47(9,10)11)44(43(37(39)2)53-56(20,21)48(12,13)14)50-33-24-34-51-54(16,17)46(6,7)8;1-18-21-25(33-36(16,17)29(9,10)11)26(24(19-2)32-35(14,15)28(6,7)8)30-22-20-23-31-34(12,13)27(3,4)5;1-15(8-6-12-19(2,3)4)17-10-11-18-16(14-21)9-7-13-20(17,18)5/h27-28,36,40-44H,2,22-26,29-35H2,1,3-21H3;1,19,24-26H,2,20-23H2,3-17H3;14-15,17-18H,6-13H2,1-5H3/b38-27+,39-28-;;16-14+/t36-,40-,41+,42-,43-,44-,49-;24-,25-,26+;15-,17-,18+,20-/m111/s1. The fraction of sp³-hybridized carbons (Fsp3) is 0.878. The summed E-state index contributed by atoms with van der Waals surface area (Å²) >= 11 is 3.63. The molecular formula is C98H189BrO8Si6. The molecule has 5 saturated carbocycles. The molecule has 5 aliphatic rings. The van der Waals surface area contributed by atoms with Crippen LogP contribution in [-0.2, 0) is 36.0 Å². The zero-order valence-electron chi connectivity index (χ0n) is 82.3. The average Bonchev–Trinajstić information content (AvgIpc) is 1.68. The fourth-order valence-corrected chi connectivity index (χ4v) is 25.2. The van der Waals surface area contributed by atoms with Gasteiger partial charge in [0.1, 0.15) is 12.2 Å². The summed E-state index contributed by atoms with van der Waals surface area (Å²) in [6.07, 6.45) is 36.2. The zero-order chi connectivity index (χ0) is 87.4. The molecule has 0 aromatic heterocycles. The molecule has 0 saturated heterocycles. The summed E-state index contributed by atoms with van der Waals surface area (Å²) in [6, 6.07) is 0. The molecule has 5 fully saturated rings. The highest BCUT2D eigenvalue weighted by molar-refractivity contribution is 9.11. The van der Waals surface area contributed by atoms with Crippen molar-refractivity contribution < 1.29 is 36.0 Å². The number of terminal acetylenes is 1. The SMILES string of the molecule is C#CC[C@@H](O[Si](C)(C)C(C)(C)C)[C@@H](OCCCO[Si](C)(C)C(C)(C)C)[C@@H](C=C)O[Si](C)(C)C(C)(C)C.C=C1/C(=C\C=C2/CCC[C@]3(C)[C@@H]([C@H](C)CCCC(C)(C)C)CC[C@@H]23)C[C@@H](O[Si](C)(C)C(C)(C)C)[C@@H](OCCCO[Si](C)(C)C(C)(C)C)[C@@H]1O[Si](C)(C)C(C)(C)C.C[C@H](CCCC(C)(C)C)[C@H]1CC[C@H]2/C(=C/Br)CCC[C@]12C. The van der Waals surface area contributed by atoms with Crippen molar-refractivity contribution in [3.05, 3.63) is 58.7 Å². The third-order valence-electron chi connectivity index (χ3n) is 31.0. The van der Waals surface area contributed by atoms with Gasteiger partial charge in [-0.05, 0) is 272 Å². The monoisotopic (exact) mass is 1740 g/mol. The number of fused-ring (bicyclic) bond motifs is 2. The maximum absolute atomic E-state index is 7.42. The lowest BCUT2D eigenvalue weighted by atomic mass is 9.60. The van der Waals surface area contributed by atoms with Crippen LogP contribution in [0, 0.1) is 69.5 Å². The van der Waals surface area contributed by atoms with Gasteiger partial charge in [-0.25, -0.2) is 0 Å². The Kier molecular flexibility index (Phi) is 39.7. The van der Waals surface area contributed by atoms with Crippen LogP contribution in [0.1, 0.15) is 322 Å². The summed E-state index contributed by atoms with van der Waals surface area (Å²) in [5.74, 6) is 7.86. The first kappa shape index (κ1) is 107. The zero-order valence-corrected chi connectivity index (χ0v) is 89.9. The Labute approximate surface area is 718 Å². The Morgan fingerprint density at radius 1 is 0.513 bits per heavy atom. The molecule has 0 spiro atoms. The highest BCUT2D eigenvalue weighted by atomic mass is 79.9. The van der Waals surface area contributed by atoms with Crippen molar-refractivity contribution in [2.24, 2.45) is 57.2 Å². The van der Waals surface area contributed by atoms with Crippen LogP contribution in [0.3, 0.4) is 0 Å². The van der Waals surface area contributed by atoms with E-state index in [0.717, 1.165) is 61.0 Å². The van der Waals surface area contributed by atoms with Crippen LogP contribution in [0.25, 0.3) is 0 Å². The van der Waals surface area contributed by atoms with Gasteiger partial charge >= 0.3 is 0 Å². The molecule has 0 aromatic carbocycles.